The first-order chi connectivity index (χ1) is 11.2. The average molecular weight is 345 g/mol. The van der Waals surface area contributed by atoms with E-state index < -0.39 is 0 Å². The molecule has 0 spiro atoms. The number of benzene rings is 2. The van der Waals surface area contributed by atoms with Crippen molar-refractivity contribution in [3.63, 3.8) is 0 Å². The Morgan fingerprint density at radius 3 is 2.78 bits per heavy atom. The fourth-order valence-corrected chi connectivity index (χ4v) is 2.33. The highest BCUT2D eigenvalue weighted by atomic mass is 35.5. The Hall–Kier alpha value is -2.44. The van der Waals surface area contributed by atoms with Crippen LogP contribution in [0.2, 0.25) is 5.02 Å². The van der Waals surface area contributed by atoms with E-state index in [-0.39, 0.29) is 0 Å². The molecule has 0 bridgehead atoms. The molecule has 1 heterocycles. The summed E-state index contributed by atoms with van der Waals surface area (Å²) in [5.41, 5.74) is 1.76. The number of nitrogens with zero attached hydrogens (tertiary/aromatic N) is 3. The van der Waals surface area contributed by atoms with Gasteiger partial charge in [-0.1, -0.05) is 35.9 Å². The van der Waals surface area contributed by atoms with Crippen molar-refractivity contribution in [1.82, 2.24) is 14.9 Å². The van der Waals surface area contributed by atoms with Crippen LogP contribution in [0.1, 0.15) is 5.56 Å². The summed E-state index contributed by atoms with van der Waals surface area (Å²) in [5.74, 6) is 1.35. The van der Waals surface area contributed by atoms with Gasteiger partial charge in [0.05, 0.1) is 13.3 Å². The van der Waals surface area contributed by atoms with Gasteiger partial charge >= 0.3 is 0 Å². The Bertz CT molecular complexity index is 899. The van der Waals surface area contributed by atoms with Gasteiger partial charge in [0.25, 0.3) is 0 Å². The third-order valence-electron chi connectivity index (χ3n) is 3.17. The smallest absolute Gasteiger partial charge is 0.216 e. The van der Waals surface area contributed by atoms with E-state index in [2.05, 4.69) is 15.3 Å². The number of H-pyrrole nitrogens is 1. The fraction of sp³-hybridized carbons (Fsp3) is 0.0625. The van der Waals surface area contributed by atoms with Gasteiger partial charge < -0.3 is 4.74 Å². The average Bonchev–Trinajstić information content (AvgIpc) is 2.95. The van der Waals surface area contributed by atoms with Crippen LogP contribution >= 0.6 is 23.8 Å². The first kappa shape index (κ1) is 15.5. The second-order valence-corrected chi connectivity index (χ2v) is 5.52. The van der Waals surface area contributed by atoms with Gasteiger partial charge in [0.1, 0.15) is 5.75 Å². The maximum atomic E-state index is 5.88. The summed E-state index contributed by atoms with van der Waals surface area (Å²) < 4.78 is 7.22. The first-order valence-corrected chi connectivity index (χ1v) is 7.58. The van der Waals surface area contributed by atoms with E-state index in [1.807, 2.05) is 36.4 Å². The molecule has 0 radical (unpaired) electrons. The van der Waals surface area contributed by atoms with E-state index in [1.165, 1.54) is 0 Å². The van der Waals surface area contributed by atoms with Gasteiger partial charge in [0, 0.05) is 10.6 Å². The number of hydrogen-bond donors (Lipinski definition) is 1. The van der Waals surface area contributed by atoms with Gasteiger partial charge in [0.2, 0.25) is 4.77 Å². The molecule has 7 heteroatoms. The van der Waals surface area contributed by atoms with Crippen molar-refractivity contribution in [2.24, 2.45) is 5.10 Å². The monoisotopic (exact) mass is 344 g/mol. The van der Waals surface area contributed by atoms with E-state index in [4.69, 9.17) is 28.6 Å². The van der Waals surface area contributed by atoms with Crippen LogP contribution in [0.15, 0.2) is 53.6 Å². The highest BCUT2D eigenvalue weighted by Crippen LogP contribution is 2.22. The number of methoxy groups -OCH3 is 1. The van der Waals surface area contributed by atoms with Crippen molar-refractivity contribution >= 4 is 30.0 Å². The maximum absolute atomic E-state index is 5.88. The zero-order valence-corrected chi connectivity index (χ0v) is 13.8. The Labute approximate surface area is 143 Å². The van der Waals surface area contributed by atoms with Crippen LogP contribution in [0.25, 0.3) is 11.4 Å². The summed E-state index contributed by atoms with van der Waals surface area (Å²) in [6, 6.07) is 14.9. The molecule has 3 aromatic rings. The Morgan fingerprint density at radius 1 is 1.26 bits per heavy atom. The molecule has 0 fully saturated rings. The minimum atomic E-state index is 0.410. The second kappa shape index (κ2) is 6.76. The van der Waals surface area contributed by atoms with E-state index in [0.29, 0.717) is 15.6 Å². The van der Waals surface area contributed by atoms with Crippen molar-refractivity contribution in [2.45, 2.75) is 0 Å². The minimum Gasteiger partial charge on any atom is -0.497 e. The molecular weight excluding hydrogens is 332 g/mol. The summed E-state index contributed by atoms with van der Waals surface area (Å²) >= 11 is 11.1. The van der Waals surface area contributed by atoms with Gasteiger partial charge in [-0.25, -0.2) is 5.10 Å². The predicted molar refractivity (Wildman–Crippen MR) is 93.8 cm³/mol. The summed E-state index contributed by atoms with van der Waals surface area (Å²) in [6.07, 6.45) is 1.70. The minimum absolute atomic E-state index is 0.410. The normalized spacial score (nSPS) is 11.0. The van der Waals surface area contributed by atoms with Crippen LogP contribution < -0.4 is 4.74 Å². The third-order valence-corrected chi connectivity index (χ3v) is 3.69. The predicted octanol–water partition coefficient (Wildman–Crippen LogP) is 4.15. The topological polar surface area (TPSA) is 55.2 Å². The van der Waals surface area contributed by atoms with E-state index in [1.54, 1.807) is 30.1 Å². The first-order valence-electron chi connectivity index (χ1n) is 6.79. The molecule has 5 nitrogen and oxygen atoms in total. The van der Waals surface area contributed by atoms with Crippen molar-refractivity contribution in [2.75, 3.05) is 7.11 Å². The van der Waals surface area contributed by atoms with Crippen LogP contribution in [0, 0.1) is 4.77 Å². The van der Waals surface area contributed by atoms with E-state index >= 15 is 0 Å². The largest absolute Gasteiger partial charge is 0.497 e. The van der Waals surface area contributed by atoms with Crippen molar-refractivity contribution in [3.8, 4) is 17.1 Å². The molecule has 0 saturated carbocycles. The maximum Gasteiger partial charge on any atom is 0.216 e. The van der Waals surface area contributed by atoms with Gasteiger partial charge in [-0.15, -0.1) is 0 Å². The zero-order chi connectivity index (χ0) is 16.2. The van der Waals surface area contributed by atoms with E-state index in [9.17, 15) is 0 Å². The van der Waals surface area contributed by atoms with Crippen LogP contribution in [-0.4, -0.2) is 28.2 Å². The summed E-state index contributed by atoms with van der Waals surface area (Å²) in [7, 11) is 1.62. The molecule has 2 aromatic carbocycles. The Morgan fingerprint density at radius 2 is 2.04 bits per heavy atom. The molecule has 23 heavy (non-hydrogen) atoms. The lowest BCUT2D eigenvalue weighted by atomic mass is 10.2. The lowest BCUT2D eigenvalue weighted by Gasteiger charge is -2.03. The quantitative estimate of drug-likeness (QED) is 0.571. The Balaban J connectivity index is 1.98. The Kier molecular flexibility index (Phi) is 4.55. The number of nitrogens with one attached hydrogen (secondary N) is 1. The van der Waals surface area contributed by atoms with Gasteiger partial charge in [-0.2, -0.15) is 14.9 Å². The molecular formula is C16H13ClN4OS. The molecule has 0 aliphatic carbocycles. The van der Waals surface area contributed by atoms with Crippen molar-refractivity contribution in [3.05, 3.63) is 63.9 Å². The number of halogens is 1. The number of rotatable bonds is 4. The SMILES string of the molecule is COc1cccc(-c2n[nH]c(=S)n2/N=C/c2ccc(Cl)cc2)c1. The fourth-order valence-electron chi connectivity index (χ4n) is 2.02. The number of hydrogen-bond acceptors (Lipinski definition) is 4. The lowest BCUT2D eigenvalue weighted by molar-refractivity contribution is 0.415. The van der Waals surface area contributed by atoms with Crippen LogP contribution in [0.3, 0.4) is 0 Å². The van der Waals surface area contributed by atoms with Gasteiger partial charge in [0.15, 0.2) is 5.82 Å². The molecule has 0 saturated heterocycles. The summed E-state index contributed by atoms with van der Waals surface area (Å²) in [5, 5.41) is 12.1. The molecule has 0 amide bonds. The summed E-state index contributed by atoms with van der Waals surface area (Å²) in [4.78, 5) is 0. The molecule has 3 rings (SSSR count). The third kappa shape index (κ3) is 3.49. The highest BCUT2D eigenvalue weighted by Gasteiger charge is 2.08. The zero-order valence-electron chi connectivity index (χ0n) is 12.2. The molecule has 0 aliphatic rings. The lowest BCUT2D eigenvalue weighted by Crippen LogP contribution is -1.95. The highest BCUT2D eigenvalue weighted by molar-refractivity contribution is 7.71. The van der Waals surface area contributed by atoms with Crippen LogP contribution in [0.4, 0.5) is 0 Å². The van der Waals surface area contributed by atoms with Crippen LogP contribution in [-0.2, 0) is 0 Å². The molecule has 0 unspecified atom stereocenters. The van der Waals surface area contributed by atoms with E-state index in [0.717, 1.165) is 16.9 Å². The molecule has 0 aliphatic heterocycles. The van der Waals surface area contributed by atoms with Crippen molar-refractivity contribution < 1.29 is 4.74 Å². The number of aromatic amines is 1. The molecule has 0 atom stereocenters. The number of ether oxygens (including phenoxy) is 1. The molecule has 1 aromatic heterocycles. The van der Waals surface area contributed by atoms with Gasteiger partial charge in [-0.05, 0) is 42.0 Å². The molecule has 1 N–H and O–H groups in total. The van der Waals surface area contributed by atoms with Crippen LogP contribution in [0.5, 0.6) is 5.75 Å². The van der Waals surface area contributed by atoms with Gasteiger partial charge in [-0.3, -0.25) is 0 Å². The molecule has 116 valence electrons. The second-order valence-electron chi connectivity index (χ2n) is 4.69. The van der Waals surface area contributed by atoms with Crippen molar-refractivity contribution in [1.29, 1.82) is 0 Å². The number of aromatic nitrogens is 3. The summed E-state index contributed by atoms with van der Waals surface area (Å²) in [6.45, 7) is 0. The standard InChI is InChI=1S/C16H13ClN4OS/c1-22-14-4-2-3-12(9-14)15-19-20-16(23)21(15)18-10-11-5-7-13(17)8-6-11/h2-10H,1H3,(H,20,23)/b18-10+.